The average Bonchev–Trinajstić information content (AvgIpc) is 2.99. The third-order valence-electron chi connectivity index (χ3n) is 4.57. The average molecular weight is 318 g/mol. The Balaban J connectivity index is 2.02. The van der Waals surface area contributed by atoms with Gasteiger partial charge in [0.2, 0.25) is 0 Å². The Labute approximate surface area is 133 Å². The first-order valence-electron chi connectivity index (χ1n) is 7.01. The molecule has 0 spiro atoms. The minimum atomic E-state index is -0.401. The normalized spacial score (nSPS) is 23.3. The van der Waals surface area contributed by atoms with Crippen LogP contribution in [0.1, 0.15) is 34.3 Å². The fourth-order valence-electron chi connectivity index (χ4n) is 3.80. The molecule has 2 aromatic carbocycles. The second-order valence-electron chi connectivity index (χ2n) is 5.62. The van der Waals surface area contributed by atoms with E-state index < -0.39 is 5.54 Å². The number of carbonyl (C=O) groups is 1. The third kappa shape index (κ3) is 1.69. The van der Waals surface area contributed by atoms with Crippen molar-refractivity contribution in [1.82, 2.24) is 4.90 Å². The lowest BCUT2D eigenvalue weighted by Crippen LogP contribution is -2.39. The molecule has 4 heteroatoms. The van der Waals surface area contributed by atoms with Crippen molar-refractivity contribution in [2.45, 2.75) is 18.4 Å². The molecule has 0 N–H and O–H groups in total. The zero-order valence-corrected chi connectivity index (χ0v) is 12.8. The molecule has 0 aliphatic carbocycles. The van der Waals surface area contributed by atoms with E-state index in [2.05, 4.69) is 0 Å². The van der Waals surface area contributed by atoms with Crippen LogP contribution >= 0.6 is 23.2 Å². The molecule has 106 valence electrons. The monoisotopic (exact) mass is 317 g/mol. The molecule has 2 aromatic rings. The Morgan fingerprint density at radius 2 is 1.76 bits per heavy atom. The first-order valence-corrected chi connectivity index (χ1v) is 7.76. The number of carbonyl (C=O) groups excluding carboxylic acids is 1. The number of benzene rings is 2. The largest absolute Gasteiger partial charge is 0.325 e. The Bertz CT molecular complexity index is 738. The Hall–Kier alpha value is -1.51. The van der Waals surface area contributed by atoms with E-state index in [0.29, 0.717) is 10.0 Å². The molecule has 1 amide bonds. The predicted molar refractivity (Wildman–Crippen MR) is 84.0 cm³/mol. The molecule has 1 atom stereocenters. The second kappa shape index (κ2) is 4.49. The van der Waals surface area contributed by atoms with E-state index in [-0.39, 0.29) is 5.91 Å². The summed E-state index contributed by atoms with van der Waals surface area (Å²) in [7, 11) is 0. The van der Waals surface area contributed by atoms with E-state index in [1.807, 2.05) is 41.3 Å². The standard InChI is InChI=1S/C17H13Cl2NO/c18-12-8-11(9-13(19)10-12)17-6-3-7-20(17)16(21)14-4-1-2-5-15(14)17/h1-2,4-5,8-10H,3,6-7H2. The summed E-state index contributed by atoms with van der Waals surface area (Å²) in [5.74, 6) is 0.110. The first kappa shape index (κ1) is 13.2. The number of fused-ring (bicyclic) bond motifs is 3. The smallest absolute Gasteiger partial charge is 0.255 e. The fourth-order valence-corrected chi connectivity index (χ4v) is 4.32. The number of hydrogen-bond acceptors (Lipinski definition) is 1. The topological polar surface area (TPSA) is 20.3 Å². The Kier molecular flexibility index (Phi) is 2.82. The summed E-state index contributed by atoms with van der Waals surface area (Å²) in [6.45, 7) is 0.775. The zero-order valence-electron chi connectivity index (χ0n) is 11.3. The highest BCUT2D eigenvalue weighted by Crippen LogP contribution is 2.51. The SMILES string of the molecule is O=C1c2ccccc2C2(c3cc(Cl)cc(Cl)c3)CCCN12. The highest BCUT2D eigenvalue weighted by atomic mass is 35.5. The van der Waals surface area contributed by atoms with Gasteiger partial charge in [0.25, 0.3) is 5.91 Å². The molecular formula is C17H13Cl2NO. The van der Waals surface area contributed by atoms with Crippen molar-refractivity contribution in [3.8, 4) is 0 Å². The first-order chi connectivity index (χ1) is 10.1. The van der Waals surface area contributed by atoms with E-state index in [9.17, 15) is 4.79 Å². The molecule has 2 aliphatic rings. The van der Waals surface area contributed by atoms with Crippen LogP contribution in [0, 0.1) is 0 Å². The molecule has 2 aliphatic heterocycles. The van der Waals surface area contributed by atoms with Crippen LogP contribution in [0.15, 0.2) is 42.5 Å². The third-order valence-corrected chi connectivity index (χ3v) is 5.01. The fraction of sp³-hybridized carbons (Fsp3) is 0.235. The van der Waals surface area contributed by atoms with Gasteiger partial charge in [-0.05, 0) is 48.2 Å². The van der Waals surface area contributed by atoms with Gasteiger partial charge in [0, 0.05) is 22.2 Å². The predicted octanol–water partition coefficient (Wildman–Crippen LogP) is 4.49. The molecule has 4 rings (SSSR count). The van der Waals surface area contributed by atoms with Gasteiger partial charge in [0.15, 0.2) is 0 Å². The van der Waals surface area contributed by atoms with Gasteiger partial charge in [-0.1, -0.05) is 41.4 Å². The molecule has 2 nitrogen and oxygen atoms in total. The Morgan fingerprint density at radius 3 is 2.52 bits per heavy atom. The van der Waals surface area contributed by atoms with Crippen molar-refractivity contribution in [3.63, 3.8) is 0 Å². The molecule has 0 aromatic heterocycles. The van der Waals surface area contributed by atoms with Gasteiger partial charge in [-0.2, -0.15) is 0 Å². The lowest BCUT2D eigenvalue weighted by atomic mass is 9.81. The van der Waals surface area contributed by atoms with Crippen LogP contribution in [-0.4, -0.2) is 17.4 Å². The summed E-state index contributed by atoms with van der Waals surface area (Å²) in [6, 6.07) is 13.4. The molecule has 2 heterocycles. The number of rotatable bonds is 1. The lowest BCUT2D eigenvalue weighted by Gasteiger charge is -2.34. The van der Waals surface area contributed by atoms with E-state index in [1.54, 1.807) is 6.07 Å². The van der Waals surface area contributed by atoms with Gasteiger partial charge in [-0.15, -0.1) is 0 Å². The Morgan fingerprint density at radius 1 is 1.05 bits per heavy atom. The van der Waals surface area contributed by atoms with E-state index in [4.69, 9.17) is 23.2 Å². The van der Waals surface area contributed by atoms with Crippen LogP contribution < -0.4 is 0 Å². The summed E-state index contributed by atoms with van der Waals surface area (Å²) >= 11 is 12.4. The van der Waals surface area contributed by atoms with Crippen LogP contribution in [0.2, 0.25) is 10.0 Å². The summed E-state index contributed by atoms with van der Waals surface area (Å²) in [4.78, 5) is 14.7. The van der Waals surface area contributed by atoms with Crippen LogP contribution in [0.4, 0.5) is 0 Å². The number of amides is 1. The van der Waals surface area contributed by atoms with Gasteiger partial charge in [0.05, 0.1) is 5.54 Å². The van der Waals surface area contributed by atoms with E-state index in [0.717, 1.165) is 36.1 Å². The summed E-state index contributed by atoms with van der Waals surface area (Å²) < 4.78 is 0. The van der Waals surface area contributed by atoms with Gasteiger partial charge in [-0.3, -0.25) is 4.79 Å². The van der Waals surface area contributed by atoms with Crippen molar-refractivity contribution in [2.75, 3.05) is 6.54 Å². The van der Waals surface area contributed by atoms with Gasteiger partial charge in [0.1, 0.15) is 0 Å². The highest BCUT2D eigenvalue weighted by molar-refractivity contribution is 6.34. The van der Waals surface area contributed by atoms with Crippen LogP contribution in [0.3, 0.4) is 0 Å². The maximum Gasteiger partial charge on any atom is 0.255 e. The van der Waals surface area contributed by atoms with Crippen LogP contribution in [-0.2, 0) is 5.54 Å². The van der Waals surface area contributed by atoms with E-state index >= 15 is 0 Å². The molecule has 21 heavy (non-hydrogen) atoms. The highest BCUT2D eigenvalue weighted by Gasteiger charge is 2.53. The number of hydrogen-bond donors (Lipinski definition) is 0. The minimum absolute atomic E-state index is 0.110. The van der Waals surface area contributed by atoms with Gasteiger partial charge in [-0.25, -0.2) is 0 Å². The lowest BCUT2D eigenvalue weighted by molar-refractivity contribution is 0.0711. The van der Waals surface area contributed by atoms with Gasteiger partial charge < -0.3 is 4.90 Å². The van der Waals surface area contributed by atoms with Gasteiger partial charge >= 0.3 is 0 Å². The maximum absolute atomic E-state index is 12.7. The second-order valence-corrected chi connectivity index (χ2v) is 6.50. The molecule has 0 radical (unpaired) electrons. The van der Waals surface area contributed by atoms with Crippen molar-refractivity contribution in [3.05, 3.63) is 69.2 Å². The zero-order chi connectivity index (χ0) is 14.6. The molecule has 1 unspecified atom stereocenters. The van der Waals surface area contributed by atoms with Crippen molar-refractivity contribution in [2.24, 2.45) is 0 Å². The maximum atomic E-state index is 12.7. The van der Waals surface area contributed by atoms with Crippen LogP contribution in [0.5, 0.6) is 0 Å². The summed E-state index contributed by atoms with van der Waals surface area (Å²) in [6.07, 6.45) is 1.90. The molecule has 1 saturated heterocycles. The quantitative estimate of drug-likeness (QED) is 0.759. The number of nitrogens with zero attached hydrogens (tertiary/aromatic N) is 1. The minimum Gasteiger partial charge on any atom is -0.325 e. The summed E-state index contributed by atoms with van der Waals surface area (Å²) in [5, 5.41) is 1.21. The molecule has 0 bridgehead atoms. The van der Waals surface area contributed by atoms with Crippen molar-refractivity contribution in [1.29, 1.82) is 0 Å². The van der Waals surface area contributed by atoms with Crippen molar-refractivity contribution < 1.29 is 4.79 Å². The molecular weight excluding hydrogens is 305 g/mol. The van der Waals surface area contributed by atoms with E-state index in [1.165, 1.54) is 0 Å². The number of halogens is 2. The summed E-state index contributed by atoms with van der Waals surface area (Å²) in [5.41, 5.74) is 2.48. The van der Waals surface area contributed by atoms with Crippen LogP contribution in [0.25, 0.3) is 0 Å². The molecule has 0 saturated carbocycles. The van der Waals surface area contributed by atoms with Crippen molar-refractivity contribution >= 4 is 29.1 Å². The molecule has 1 fully saturated rings.